The number of rotatable bonds is 15. The minimum absolute atomic E-state index is 0. The maximum absolute atomic E-state index is 7.17. The fourth-order valence-electron chi connectivity index (χ4n) is 6.25. The van der Waals surface area contributed by atoms with Crippen molar-refractivity contribution in [3.8, 4) is 0 Å². The van der Waals surface area contributed by atoms with Gasteiger partial charge in [0, 0.05) is 57.7 Å². The molecule has 0 bridgehead atoms. The third-order valence-electron chi connectivity index (χ3n) is 9.83. The summed E-state index contributed by atoms with van der Waals surface area (Å²) in [7, 11) is 0. The summed E-state index contributed by atoms with van der Waals surface area (Å²) < 4.78 is 0. The van der Waals surface area contributed by atoms with Gasteiger partial charge in [-0.05, 0) is 88.2 Å². The summed E-state index contributed by atoms with van der Waals surface area (Å²) in [4.78, 5) is 14.2. The Morgan fingerprint density at radius 1 is 0.537 bits per heavy atom. The fraction of sp³-hybridized carbons (Fsp3) is 0.277. The number of hydrogen-bond donors (Lipinski definition) is 7. The summed E-state index contributed by atoms with van der Waals surface area (Å²) in [6.07, 6.45) is 1.93. The lowest BCUT2D eigenvalue weighted by atomic mass is 10.1. The van der Waals surface area contributed by atoms with Crippen molar-refractivity contribution in [3.63, 3.8) is 0 Å². The van der Waals surface area contributed by atoms with E-state index in [0.29, 0.717) is 18.1 Å². The second-order valence-corrected chi connectivity index (χ2v) is 20.0. The smallest absolute Gasteiger partial charge is 0.159 e. The van der Waals surface area contributed by atoms with Crippen molar-refractivity contribution in [2.75, 3.05) is 39.8 Å². The van der Waals surface area contributed by atoms with Crippen LogP contribution >= 0.6 is 107 Å². The van der Waals surface area contributed by atoms with Crippen LogP contribution in [-0.4, -0.2) is 70.2 Å². The largest absolute Gasteiger partial charge is 0.379 e. The van der Waals surface area contributed by atoms with Crippen LogP contribution in [0.5, 0.6) is 0 Å². The van der Waals surface area contributed by atoms with E-state index < -0.39 is 0 Å². The zero-order valence-electron chi connectivity index (χ0n) is 36.8. The zero-order chi connectivity index (χ0) is 46.2. The highest BCUT2D eigenvalue weighted by Crippen LogP contribution is 2.24. The molecular formula is C47H58Cl5N11S4. The van der Waals surface area contributed by atoms with E-state index in [9.17, 15) is 0 Å². The molecule has 0 saturated carbocycles. The quantitative estimate of drug-likeness (QED) is 0.0392. The minimum atomic E-state index is 0. The summed E-state index contributed by atoms with van der Waals surface area (Å²) in [6, 6.07) is 40.3. The lowest BCUT2D eigenvalue weighted by Crippen LogP contribution is -2.42. The summed E-state index contributed by atoms with van der Waals surface area (Å²) in [5.74, 6) is 3.15. The Hall–Kier alpha value is -3.29. The molecule has 0 radical (unpaired) electrons. The number of benzene rings is 5. The van der Waals surface area contributed by atoms with E-state index in [4.69, 9.17) is 72.8 Å². The predicted molar refractivity (Wildman–Crippen MR) is 300 cm³/mol. The Balaban J connectivity index is 0.000000362. The van der Waals surface area contributed by atoms with Crippen LogP contribution < -0.4 is 27.8 Å². The average Bonchev–Trinajstić information content (AvgIpc) is 3.32. The van der Waals surface area contributed by atoms with Gasteiger partial charge in [0.05, 0.1) is 26.7 Å². The highest BCUT2D eigenvalue weighted by atomic mass is 35.5. The first-order valence-corrected chi connectivity index (χ1v) is 25.9. The molecule has 0 unspecified atom stereocenters. The molecule has 2 aliphatic rings. The van der Waals surface area contributed by atoms with E-state index in [1.807, 2.05) is 84.9 Å². The van der Waals surface area contributed by atoms with Gasteiger partial charge < -0.3 is 27.8 Å². The third-order valence-corrected chi connectivity index (χ3v) is 14.1. The van der Waals surface area contributed by atoms with Crippen LogP contribution in [0.1, 0.15) is 38.9 Å². The molecule has 7 rings (SSSR count). The van der Waals surface area contributed by atoms with Gasteiger partial charge in [0.25, 0.3) is 0 Å². The maximum atomic E-state index is 7.17. The number of aliphatic imine (C=N–C) groups is 2. The second-order valence-electron chi connectivity index (χ2n) is 14.7. The van der Waals surface area contributed by atoms with Crippen molar-refractivity contribution >= 4 is 127 Å². The molecule has 0 amide bonds. The van der Waals surface area contributed by atoms with E-state index in [1.54, 1.807) is 23.5 Å². The van der Waals surface area contributed by atoms with Crippen molar-refractivity contribution in [1.29, 1.82) is 10.8 Å². The normalized spacial score (nSPS) is 13.3. The number of thioether (sulfide) groups is 4. The molecule has 0 aromatic heterocycles. The Morgan fingerprint density at radius 2 is 0.940 bits per heavy atom. The van der Waals surface area contributed by atoms with Gasteiger partial charge in [-0.2, -0.15) is 0 Å². The number of amidine groups is 4. The van der Waals surface area contributed by atoms with E-state index >= 15 is 0 Å². The van der Waals surface area contributed by atoms with Crippen LogP contribution in [0, 0.1) is 10.8 Å². The lowest BCUT2D eigenvalue weighted by Gasteiger charge is -2.27. The number of nitrogens with zero attached hydrogens (tertiary/aromatic N) is 4. The molecule has 5 aromatic rings. The molecule has 2 aliphatic heterocycles. The molecule has 0 atom stereocenters. The van der Waals surface area contributed by atoms with Crippen molar-refractivity contribution in [1.82, 2.24) is 20.4 Å². The summed E-state index contributed by atoms with van der Waals surface area (Å²) in [6.45, 7) is 5.54. The van der Waals surface area contributed by atoms with E-state index in [2.05, 4.69) is 56.8 Å². The van der Waals surface area contributed by atoms with Gasteiger partial charge in [0.15, 0.2) is 20.7 Å². The Bertz CT molecular complexity index is 2210. The molecule has 0 fully saturated rings. The maximum Gasteiger partial charge on any atom is 0.159 e. The Morgan fingerprint density at radius 3 is 1.28 bits per heavy atom. The first-order valence-electron chi connectivity index (χ1n) is 20.8. The average molecular weight is 1080 g/mol. The molecule has 20 heteroatoms. The molecule has 11 nitrogen and oxygen atoms in total. The highest BCUT2D eigenvalue weighted by molar-refractivity contribution is 8.14. The van der Waals surface area contributed by atoms with Crippen LogP contribution in [0.15, 0.2) is 131 Å². The third kappa shape index (κ3) is 22.8. The molecule has 5 aromatic carbocycles. The number of hydrogen-bond acceptors (Lipinski definition) is 13. The van der Waals surface area contributed by atoms with E-state index in [-0.39, 0.29) is 35.1 Å². The van der Waals surface area contributed by atoms with E-state index in [1.165, 1.54) is 45.8 Å². The van der Waals surface area contributed by atoms with Crippen LogP contribution in [0.4, 0.5) is 0 Å². The Labute approximate surface area is 439 Å². The number of nitrogens with two attached hydrogens (primary N) is 3. The standard InChI is InChI=1S/C30H34Cl2N6S2.C10H14N4S2.C7H8ClN.2ClH/c31-27-9-3-5-23(15-27)11-13-37-19-33-29(34-20-37)39-17-25-7-1-2-8-26(25)18-40-30-35-21-38(22-36-30)14-12-24-6-4-10-28(32)16-24;11-9(12)15-5-7-3-1-2-4-8(7)6-16-10(13)14;8-7-3-1-6(5-9)2-4-7;;/h1-10,15-16H,11-14,17-22H2,(H,33,34)(H,35,36);1-4H,5-6H2,(H3,11,12)(H3,13,14);1-4H,5,9H2;2*1H. The SMILES string of the molecule is Cl.Cl.Clc1cccc(CCN2CN=C(SCc3ccccc3CSC3=NCN(CCc4cccc(Cl)c4)CN3)NC2)c1.N=C(N)SCc1ccccc1CSC(=N)N.NCc1ccc(Cl)cc1. The topological polar surface area (TPSA) is 181 Å². The van der Waals surface area contributed by atoms with Gasteiger partial charge in [0.2, 0.25) is 0 Å². The molecule has 0 saturated heterocycles. The van der Waals surface area contributed by atoms with Gasteiger partial charge in [-0.25, -0.2) is 9.98 Å². The Kier molecular flexibility index (Phi) is 28.2. The first-order chi connectivity index (χ1) is 31.5. The number of nitrogens with one attached hydrogen (secondary N) is 4. The predicted octanol–water partition coefficient (Wildman–Crippen LogP) is 10.9. The molecule has 67 heavy (non-hydrogen) atoms. The number of halogens is 5. The molecule has 0 aliphatic carbocycles. The summed E-state index contributed by atoms with van der Waals surface area (Å²) in [5.41, 5.74) is 24.5. The van der Waals surface area contributed by atoms with Crippen LogP contribution in [0.2, 0.25) is 15.1 Å². The van der Waals surface area contributed by atoms with Gasteiger partial charge >= 0.3 is 0 Å². The molecule has 2 heterocycles. The van der Waals surface area contributed by atoms with Crippen LogP contribution in [0.3, 0.4) is 0 Å². The van der Waals surface area contributed by atoms with Crippen molar-refractivity contribution < 1.29 is 0 Å². The highest BCUT2D eigenvalue weighted by Gasteiger charge is 2.16. The molecule has 360 valence electrons. The minimum Gasteiger partial charge on any atom is -0.379 e. The fourth-order valence-corrected chi connectivity index (χ4v) is 9.77. The van der Waals surface area contributed by atoms with Crippen molar-refractivity contribution in [3.05, 3.63) is 175 Å². The molecule has 0 spiro atoms. The summed E-state index contributed by atoms with van der Waals surface area (Å²) in [5, 5.41) is 25.9. The summed E-state index contributed by atoms with van der Waals surface area (Å²) >= 11 is 24.0. The van der Waals surface area contributed by atoms with E-state index in [0.717, 1.165) is 106 Å². The monoisotopic (exact) mass is 1080 g/mol. The van der Waals surface area contributed by atoms with Crippen molar-refractivity contribution in [2.45, 2.75) is 42.4 Å². The second kappa shape index (κ2) is 32.5. The zero-order valence-corrected chi connectivity index (χ0v) is 44.0. The lowest BCUT2D eigenvalue weighted by molar-refractivity contribution is 0.270. The van der Waals surface area contributed by atoms with Gasteiger partial charge in [-0.1, -0.05) is 167 Å². The van der Waals surface area contributed by atoms with Gasteiger partial charge in [-0.15, -0.1) is 24.8 Å². The van der Waals surface area contributed by atoms with Crippen LogP contribution in [-0.2, 0) is 42.4 Å². The molecule has 10 N–H and O–H groups in total. The van der Waals surface area contributed by atoms with Gasteiger partial charge in [-0.3, -0.25) is 20.6 Å². The first kappa shape index (κ1) is 58.0. The van der Waals surface area contributed by atoms with Crippen LogP contribution in [0.25, 0.3) is 0 Å². The molecular weight excluding hydrogens is 1020 g/mol. The van der Waals surface area contributed by atoms with Crippen molar-refractivity contribution in [2.24, 2.45) is 27.2 Å². The van der Waals surface area contributed by atoms with Gasteiger partial charge in [0.1, 0.15) is 0 Å².